The first-order chi connectivity index (χ1) is 1.00. The molecule has 0 aromatic carbocycles. The molecule has 0 saturated carbocycles. The van der Waals surface area contributed by atoms with E-state index in [0.717, 1.165) is 0 Å². The minimum atomic E-state index is 0. The van der Waals surface area contributed by atoms with Gasteiger partial charge in [0.05, 0.1) is 0 Å². The van der Waals surface area contributed by atoms with Crippen LogP contribution in [0.4, 0.5) is 0 Å². The Bertz CT molecular complexity index is 8.04. The molecule has 0 nitrogen and oxygen atoms in total. The maximum atomic E-state index is 3.25. The fourth-order valence-corrected chi connectivity index (χ4v) is 0. The van der Waals surface area contributed by atoms with Crippen molar-refractivity contribution in [3.8, 4) is 0 Å². The summed E-state index contributed by atoms with van der Waals surface area (Å²) in [6, 6.07) is 0. The molecule has 0 aromatic heterocycles. The Hall–Kier alpha value is 2.16. The topological polar surface area (TPSA) is 0 Å². The molecule has 0 spiro atoms. The third-order valence-corrected chi connectivity index (χ3v) is 0. The molecule has 0 fully saturated rings. The minimum Gasteiger partial charge on any atom is -0.358 e. The average Bonchev–Trinajstić information content (AvgIpc) is 1.00. The molecule has 0 aliphatic heterocycles. The third-order valence-electron chi connectivity index (χ3n) is 0. The van der Waals surface area contributed by atoms with Gasteiger partial charge in [0.2, 0.25) is 0 Å². The van der Waals surface area contributed by atoms with Crippen molar-refractivity contribution < 1.29 is 63.8 Å². The first-order valence-electron chi connectivity index (χ1n) is 0.707. The van der Waals surface area contributed by atoms with Crippen molar-refractivity contribution in [2.45, 2.75) is 21.8 Å². The molecule has 45 valence electrons. The molecule has 0 atom stereocenters. The summed E-state index contributed by atoms with van der Waals surface area (Å²) in [6.45, 7) is 5.00. The van der Waals surface area contributed by atoms with Gasteiger partial charge in [-0.3, -0.25) is 0 Å². The fourth-order valence-electron chi connectivity index (χ4n) is 0. The van der Waals surface area contributed by atoms with Gasteiger partial charge in [-0.1, -0.05) is 14.9 Å². The van der Waals surface area contributed by atoms with Crippen molar-refractivity contribution in [3.05, 3.63) is 14.4 Å². The summed E-state index contributed by atoms with van der Waals surface area (Å²) in [7, 11) is 0. The monoisotopic (exact) mass is 403 g/mol. The van der Waals surface area contributed by atoms with Crippen LogP contribution in [0.5, 0.6) is 0 Å². The van der Waals surface area contributed by atoms with E-state index < -0.39 is 0 Å². The zero-order valence-electron chi connectivity index (χ0n) is 3.78. The van der Waals surface area contributed by atoms with Gasteiger partial charge in [0, 0.05) is 63.8 Å². The van der Waals surface area contributed by atoms with Crippen molar-refractivity contribution in [1.82, 2.24) is 0 Å². The van der Waals surface area contributed by atoms with E-state index in [1.807, 2.05) is 0 Å². The number of hydrogen-bond acceptors (Lipinski definition) is 0. The average molecular weight is 403 g/mol. The van der Waals surface area contributed by atoms with Gasteiger partial charge in [-0.25, -0.2) is 0 Å². The van der Waals surface area contributed by atoms with Crippen LogP contribution in [-0.4, -0.2) is 0 Å². The van der Waals surface area contributed by atoms with Crippen molar-refractivity contribution in [3.63, 3.8) is 0 Å². The van der Waals surface area contributed by atoms with E-state index in [-0.39, 0.29) is 86.1 Å². The van der Waals surface area contributed by atoms with E-state index in [0.29, 0.717) is 0 Å². The molecule has 0 N–H and O–H groups in total. The number of hydrogen-bond donors (Lipinski definition) is 0. The Morgan fingerprint density at radius 3 is 1.00 bits per heavy atom. The molecular weight excluding hydrogens is 387 g/mol. The van der Waals surface area contributed by atoms with E-state index in [4.69, 9.17) is 0 Å². The Morgan fingerprint density at radius 1 is 1.00 bits per heavy atom. The summed E-state index contributed by atoms with van der Waals surface area (Å²) in [6.07, 6.45) is 0. The van der Waals surface area contributed by atoms with Crippen LogP contribution in [0.1, 0.15) is 21.8 Å². The van der Waals surface area contributed by atoms with Crippen LogP contribution in [0.2, 0.25) is 0 Å². The van der Waals surface area contributed by atoms with Gasteiger partial charge in [0.1, 0.15) is 0 Å². The second kappa shape index (κ2) is 89.9. The second-order valence-corrected chi connectivity index (χ2v) is 0. The van der Waals surface area contributed by atoms with E-state index >= 15 is 0 Å². The standard InChI is InChI=1S/C2H5.2CH4.CH3.U.Y/c1-2;;;;;/h1H2,2H3;2*1H4;1H3;;/q-1;;;-1;;. The maximum absolute atomic E-state index is 3.25. The smallest absolute Gasteiger partial charge is 0 e. The molecule has 0 aromatic rings. The quantitative estimate of drug-likeness (QED) is 0.546. The van der Waals surface area contributed by atoms with Gasteiger partial charge in [0.15, 0.2) is 0 Å². The van der Waals surface area contributed by atoms with Crippen molar-refractivity contribution in [1.29, 1.82) is 0 Å². The molecule has 0 unspecified atom stereocenters. The van der Waals surface area contributed by atoms with Gasteiger partial charge >= 0.3 is 0 Å². The molecule has 2 heteroatoms. The molecule has 0 aliphatic carbocycles. The van der Waals surface area contributed by atoms with Crippen LogP contribution in [-0.2, 0) is 32.7 Å². The normalized spacial score (nSPS) is 0.857. The van der Waals surface area contributed by atoms with Gasteiger partial charge in [-0.2, -0.15) is 6.92 Å². The van der Waals surface area contributed by atoms with Crippen LogP contribution in [0.25, 0.3) is 0 Å². The fraction of sp³-hybridized carbons (Fsp3) is 0.600. The summed E-state index contributed by atoms with van der Waals surface area (Å²) in [5, 5.41) is 0. The van der Waals surface area contributed by atoms with Crippen molar-refractivity contribution in [2.24, 2.45) is 0 Å². The van der Waals surface area contributed by atoms with E-state index in [9.17, 15) is 0 Å². The molecule has 0 saturated heterocycles. The summed E-state index contributed by atoms with van der Waals surface area (Å²) >= 11 is 0. The molecule has 0 heterocycles. The first kappa shape index (κ1) is 61.2. The zero-order chi connectivity index (χ0) is 2.00. The van der Waals surface area contributed by atoms with Crippen LogP contribution < -0.4 is 0 Å². The molecule has 1 radical (unpaired) electrons. The van der Waals surface area contributed by atoms with E-state index in [1.165, 1.54) is 0 Å². The van der Waals surface area contributed by atoms with Crippen LogP contribution in [0.15, 0.2) is 0 Å². The van der Waals surface area contributed by atoms with Crippen LogP contribution in [0.3, 0.4) is 0 Å². The predicted molar refractivity (Wildman–Crippen MR) is 30.9 cm³/mol. The second-order valence-electron chi connectivity index (χ2n) is 0. The van der Waals surface area contributed by atoms with Gasteiger partial charge in [-0.05, 0) is 0 Å². The molecule has 0 bridgehead atoms. The molecule has 0 rings (SSSR count). The van der Waals surface area contributed by atoms with Gasteiger partial charge in [0.25, 0.3) is 0 Å². The van der Waals surface area contributed by atoms with Gasteiger partial charge in [-0.15, -0.1) is 0 Å². The van der Waals surface area contributed by atoms with Crippen LogP contribution >= 0.6 is 0 Å². The Labute approximate surface area is 98.5 Å². The maximum Gasteiger partial charge on any atom is 0 e. The third kappa shape index (κ3) is 66.5. The summed E-state index contributed by atoms with van der Waals surface area (Å²) in [5.41, 5.74) is 0. The zero-order valence-corrected chi connectivity index (χ0v) is 10.8. The van der Waals surface area contributed by atoms with Gasteiger partial charge < -0.3 is 14.4 Å². The Kier molecular flexibility index (Phi) is 785. The van der Waals surface area contributed by atoms with Crippen molar-refractivity contribution >= 4 is 0 Å². The molecule has 0 amide bonds. The first-order valence-corrected chi connectivity index (χ1v) is 0.707. The minimum absolute atomic E-state index is 0. The summed E-state index contributed by atoms with van der Waals surface area (Å²) in [4.78, 5) is 0. The molecule has 0 aliphatic rings. The van der Waals surface area contributed by atoms with Crippen LogP contribution in [0, 0.1) is 45.5 Å². The summed E-state index contributed by atoms with van der Waals surface area (Å²) in [5.74, 6) is 0. The Balaban J connectivity index is -0.000000000500. The summed E-state index contributed by atoms with van der Waals surface area (Å²) < 4.78 is 0. The Morgan fingerprint density at radius 2 is 1.00 bits per heavy atom. The number of rotatable bonds is 0. The largest absolute Gasteiger partial charge is 0.358 e. The predicted octanol–water partition coefficient (Wildman–Crippen LogP) is 2.56. The van der Waals surface area contributed by atoms with Crippen molar-refractivity contribution in [2.75, 3.05) is 0 Å². The molecular formula is C5H16UY-2. The molecule has 7 heavy (non-hydrogen) atoms. The van der Waals surface area contributed by atoms with E-state index in [1.54, 1.807) is 6.92 Å². The van der Waals surface area contributed by atoms with E-state index in [2.05, 4.69) is 6.92 Å². The SMILES string of the molecule is C.C.[CH2-]C.[CH3-].[U].[Y].